The molecule has 17 heavy (non-hydrogen) atoms. The Bertz CT molecular complexity index is 405. The summed E-state index contributed by atoms with van der Waals surface area (Å²) >= 11 is 3.50. The number of hydrogen-bond donors (Lipinski definition) is 1. The molecule has 3 heteroatoms. The first-order valence-electron chi connectivity index (χ1n) is 6.21. The van der Waals surface area contributed by atoms with Crippen LogP contribution in [-0.2, 0) is 0 Å². The number of hydrogen-bond acceptors (Lipinski definition) is 2. The van der Waals surface area contributed by atoms with E-state index in [2.05, 4.69) is 41.2 Å². The Morgan fingerprint density at radius 1 is 1.35 bits per heavy atom. The van der Waals surface area contributed by atoms with E-state index in [0.29, 0.717) is 6.04 Å². The van der Waals surface area contributed by atoms with Crippen LogP contribution in [0.25, 0.3) is 0 Å². The first kappa shape index (κ1) is 12.7. The standard InChI is InChI=1S/C14H20BrNO/c1-9-4-5-12(6-9)16-14-10(2)7-11(15)8-13(14)17-3/h7-9,12,16H,4-6H2,1-3H3. The fourth-order valence-electron chi connectivity index (χ4n) is 2.60. The lowest BCUT2D eigenvalue weighted by atomic mass is 10.1. The number of nitrogens with one attached hydrogen (secondary N) is 1. The largest absolute Gasteiger partial charge is 0.495 e. The maximum Gasteiger partial charge on any atom is 0.143 e. The predicted molar refractivity (Wildman–Crippen MR) is 75.9 cm³/mol. The zero-order chi connectivity index (χ0) is 12.4. The van der Waals surface area contributed by atoms with Gasteiger partial charge in [-0.15, -0.1) is 0 Å². The van der Waals surface area contributed by atoms with Gasteiger partial charge in [-0.2, -0.15) is 0 Å². The Morgan fingerprint density at radius 2 is 2.12 bits per heavy atom. The second-order valence-electron chi connectivity index (χ2n) is 5.06. The number of benzene rings is 1. The number of methoxy groups -OCH3 is 1. The quantitative estimate of drug-likeness (QED) is 0.895. The maximum absolute atomic E-state index is 5.45. The van der Waals surface area contributed by atoms with Gasteiger partial charge in [0.15, 0.2) is 0 Å². The van der Waals surface area contributed by atoms with Gasteiger partial charge in [0.2, 0.25) is 0 Å². The third kappa shape index (κ3) is 2.95. The number of anilines is 1. The first-order chi connectivity index (χ1) is 8.10. The van der Waals surface area contributed by atoms with Gasteiger partial charge in [0.05, 0.1) is 12.8 Å². The molecule has 1 N–H and O–H groups in total. The summed E-state index contributed by atoms with van der Waals surface area (Å²) < 4.78 is 6.52. The summed E-state index contributed by atoms with van der Waals surface area (Å²) in [6.45, 7) is 4.45. The van der Waals surface area contributed by atoms with Crippen LogP contribution >= 0.6 is 15.9 Å². The Labute approximate surface area is 112 Å². The van der Waals surface area contributed by atoms with E-state index >= 15 is 0 Å². The van der Waals surface area contributed by atoms with E-state index in [4.69, 9.17) is 4.74 Å². The smallest absolute Gasteiger partial charge is 0.143 e. The van der Waals surface area contributed by atoms with E-state index < -0.39 is 0 Å². The fourth-order valence-corrected chi connectivity index (χ4v) is 3.15. The van der Waals surface area contributed by atoms with Crippen LogP contribution in [0, 0.1) is 12.8 Å². The highest BCUT2D eigenvalue weighted by atomic mass is 79.9. The fraction of sp³-hybridized carbons (Fsp3) is 0.571. The molecular formula is C14H20BrNO. The Kier molecular flexibility index (Phi) is 3.97. The van der Waals surface area contributed by atoms with Crippen LogP contribution in [0.3, 0.4) is 0 Å². The van der Waals surface area contributed by atoms with Crippen LogP contribution in [0.2, 0.25) is 0 Å². The SMILES string of the molecule is COc1cc(Br)cc(C)c1NC1CCC(C)C1. The van der Waals surface area contributed by atoms with E-state index in [-0.39, 0.29) is 0 Å². The second-order valence-corrected chi connectivity index (χ2v) is 5.98. The van der Waals surface area contributed by atoms with Crippen molar-refractivity contribution >= 4 is 21.6 Å². The van der Waals surface area contributed by atoms with Gasteiger partial charge in [-0.3, -0.25) is 0 Å². The van der Waals surface area contributed by atoms with Gasteiger partial charge in [-0.1, -0.05) is 22.9 Å². The summed E-state index contributed by atoms with van der Waals surface area (Å²) in [5.74, 6) is 1.77. The molecule has 0 heterocycles. The predicted octanol–water partition coefficient (Wildman–Crippen LogP) is 4.37. The zero-order valence-corrected chi connectivity index (χ0v) is 12.3. The Balaban J connectivity index is 2.19. The first-order valence-corrected chi connectivity index (χ1v) is 7.00. The number of aryl methyl sites for hydroxylation is 1. The van der Waals surface area contributed by atoms with E-state index in [1.807, 2.05) is 6.07 Å². The van der Waals surface area contributed by atoms with Gasteiger partial charge in [0.25, 0.3) is 0 Å². The van der Waals surface area contributed by atoms with Crippen LogP contribution in [0.4, 0.5) is 5.69 Å². The van der Waals surface area contributed by atoms with Crippen molar-refractivity contribution in [1.29, 1.82) is 0 Å². The summed E-state index contributed by atoms with van der Waals surface area (Å²) in [7, 11) is 1.73. The lowest BCUT2D eigenvalue weighted by Gasteiger charge is -2.19. The monoisotopic (exact) mass is 297 g/mol. The Hall–Kier alpha value is -0.700. The summed E-state index contributed by atoms with van der Waals surface area (Å²) in [5.41, 5.74) is 2.38. The molecule has 0 amide bonds. The van der Waals surface area contributed by atoms with Crippen molar-refractivity contribution in [2.24, 2.45) is 5.92 Å². The second kappa shape index (κ2) is 5.30. The number of halogens is 1. The van der Waals surface area contributed by atoms with Crippen molar-refractivity contribution < 1.29 is 4.74 Å². The normalized spacial score (nSPS) is 23.8. The molecule has 94 valence electrons. The van der Waals surface area contributed by atoms with Crippen LogP contribution in [-0.4, -0.2) is 13.2 Å². The number of ether oxygens (including phenoxy) is 1. The van der Waals surface area contributed by atoms with Crippen molar-refractivity contribution in [3.63, 3.8) is 0 Å². The van der Waals surface area contributed by atoms with Crippen LogP contribution in [0.15, 0.2) is 16.6 Å². The van der Waals surface area contributed by atoms with Crippen LogP contribution in [0.5, 0.6) is 5.75 Å². The molecule has 2 rings (SSSR count). The zero-order valence-electron chi connectivity index (χ0n) is 10.7. The van der Waals surface area contributed by atoms with Crippen molar-refractivity contribution in [3.8, 4) is 5.75 Å². The average Bonchev–Trinajstić information content (AvgIpc) is 2.67. The molecule has 1 fully saturated rings. The molecule has 0 spiro atoms. The van der Waals surface area contributed by atoms with E-state index in [1.54, 1.807) is 7.11 Å². The van der Waals surface area contributed by atoms with E-state index in [9.17, 15) is 0 Å². The molecule has 1 saturated carbocycles. The maximum atomic E-state index is 5.45. The molecule has 2 atom stereocenters. The molecule has 0 saturated heterocycles. The van der Waals surface area contributed by atoms with Crippen molar-refractivity contribution in [2.75, 3.05) is 12.4 Å². The molecule has 1 aliphatic rings. The minimum Gasteiger partial charge on any atom is -0.495 e. The molecule has 0 radical (unpaired) electrons. The lowest BCUT2D eigenvalue weighted by Crippen LogP contribution is -2.16. The third-order valence-corrected chi connectivity index (χ3v) is 3.99. The molecule has 1 aromatic carbocycles. The van der Waals surface area contributed by atoms with Crippen molar-refractivity contribution in [2.45, 2.75) is 39.2 Å². The molecule has 2 nitrogen and oxygen atoms in total. The number of rotatable bonds is 3. The Morgan fingerprint density at radius 3 is 2.71 bits per heavy atom. The highest BCUT2D eigenvalue weighted by molar-refractivity contribution is 9.10. The summed E-state index contributed by atoms with van der Waals surface area (Å²) in [6, 6.07) is 4.75. The van der Waals surface area contributed by atoms with E-state index in [1.165, 1.54) is 24.8 Å². The van der Waals surface area contributed by atoms with Gasteiger partial charge in [0.1, 0.15) is 5.75 Å². The molecule has 1 aliphatic carbocycles. The third-order valence-electron chi connectivity index (χ3n) is 3.53. The van der Waals surface area contributed by atoms with Gasteiger partial charge in [0, 0.05) is 10.5 Å². The van der Waals surface area contributed by atoms with Crippen molar-refractivity contribution in [3.05, 3.63) is 22.2 Å². The topological polar surface area (TPSA) is 21.3 Å². The average molecular weight is 298 g/mol. The van der Waals surface area contributed by atoms with E-state index in [0.717, 1.165) is 21.8 Å². The van der Waals surface area contributed by atoms with Crippen LogP contribution in [0.1, 0.15) is 31.7 Å². The minimum absolute atomic E-state index is 0.596. The molecular weight excluding hydrogens is 278 g/mol. The molecule has 1 aromatic rings. The van der Waals surface area contributed by atoms with Gasteiger partial charge in [-0.25, -0.2) is 0 Å². The molecule has 0 aliphatic heterocycles. The highest BCUT2D eigenvalue weighted by Gasteiger charge is 2.22. The van der Waals surface area contributed by atoms with Gasteiger partial charge in [-0.05, 0) is 49.8 Å². The molecule has 2 unspecified atom stereocenters. The minimum atomic E-state index is 0.596. The molecule has 0 aromatic heterocycles. The summed E-state index contributed by atoms with van der Waals surface area (Å²) in [4.78, 5) is 0. The summed E-state index contributed by atoms with van der Waals surface area (Å²) in [6.07, 6.45) is 3.86. The van der Waals surface area contributed by atoms with Crippen molar-refractivity contribution in [1.82, 2.24) is 0 Å². The molecule has 0 bridgehead atoms. The highest BCUT2D eigenvalue weighted by Crippen LogP contribution is 2.35. The van der Waals surface area contributed by atoms with Crippen LogP contribution < -0.4 is 10.1 Å². The van der Waals surface area contributed by atoms with Gasteiger partial charge < -0.3 is 10.1 Å². The lowest BCUT2D eigenvalue weighted by molar-refractivity contribution is 0.415. The van der Waals surface area contributed by atoms with Gasteiger partial charge >= 0.3 is 0 Å². The summed E-state index contributed by atoms with van der Waals surface area (Å²) in [5, 5.41) is 3.64.